The topological polar surface area (TPSA) is 131 Å². The van der Waals surface area contributed by atoms with E-state index in [9.17, 15) is 23.9 Å². The Morgan fingerprint density at radius 1 is 1.35 bits per heavy atom. The van der Waals surface area contributed by atoms with E-state index in [2.05, 4.69) is 21.7 Å². The van der Waals surface area contributed by atoms with Crippen LogP contribution in [0.15, 0.2) is 12.7 Å². The first kappa shape index (κ1) is 25.7. The zero-order valence-electron chi connectivity index (χ0n) is 12.1. The molecule has 0 rings (SSSR count). The zero-order chi connectivity index (χ0) is 14.4. The zero-order valence-corrected chi connectivity index (χ0v) is 17.0. The third-order valence-corrected chi connectivity index (χ3v) is 2.32. The largest absolute Gasteiger partial charge is 1.00 e. The quantitative estimate of drug-likeness (QED) is 0.207. The summed E-state index contributed by atoms with van der Waals surface area (Å²) in [4.78, 5) is 42.9. The molecule has 0 fully saturated rings. The fourth-order valence-corrected chi connectivity index (χ4v) is 1.27. The molecule has 0 atom stereocenters. The second-order valence-corrected chi connectivity index (χ2v) is 5.01. The summed E-state index contributed by atoms with van der Waals surface area (Å²) in [6.07, 6.45) is 1.02. The number of hydrogen-bond acceptors (Lipinski definition) is 6. The van der Waals surface area contributed by atoms with E-state index in [-0.39, 0.29) is 65.7 Å². The van der Waals surface area contributed by atoms with E-state index in [1.54, 1.807) is 0 Å². The van der Waals surface area contributed by atoms with Crippen molar-refractivity contribution in [3.63, 3.8) is 0 Å². The normalized spacial score (nSPS) is 10.6. The molecule has 0 bridgehead atoms. The van der Waals surface area contributed by atoms with Crippen LogP contribution in [0, 0.1) is 0 Å². The van der Waals surface area contributed by atoms with E-state index in [4.69, 9.17) is 0 Å². The minimum absolute atomic E-state index is 0. The molecule has 8 nitrogen and oxygen atoms in total. The summed E-state index contributed by atoms with van der Waals surface area (Å²) >= 11 is 0. The first-order valence-electron chi connectivity index (χ1n) is 4.98. The Bertz CT molecular complexity index is 385. The van der Waals surface area contributed by atoms with Gasteiger partial charge >= 0.3 is 59.1 Å². The van der Waals surface area contributed by atoms with Crippen molar-refractivity contribution in [2.45, 2.75) is 19.4 Å². The molecular weight excluding hydrogens is 309 g/mol. The molecule has 0 heterocycles. The van der Waals surface area contributed by atoms with Crippen molar-refractivity contribution < 1.29 is 87.6 Å². The average Bonchev–Trinajstić information content (AvgIpc) is 2.21. The second-order valence-electron chi connectivity index (χ2n) is 3.85. The molecule has 0 spiro atoms. The van der Waals surface area contributed by atoms with Crippen molar-refractivity contribution >= 4 is 19.6 Å². The average molecular weight is 324 g/mol. The van der Waals surface area contributed by atoms with E-state index < -0.39 is 31.8 Å². The maximum atomic E-state index is 11.6. The molecule has 0 aromatic carbocycles. The van der Waals surface area contributed by atoms with Gasteiger partial charge in [-0.3, -0.25) is 9.59 Å². The summed E-state index contributed by atoms with van der Waals surface area (Å²) in [5, 5.41) is 4.69. The molecule has 0 saturated heterocycles. The summed E-state index contributed by atoms with van der Waals surface area (Å²) < 4.78 is 14.0. The van der Waals surface area contributed by atoms with Crippen molar-refractivity contribution in [2.75, 3.05) is 13.2 Å². The molecule has 0 aromatic rings. The molecule has 0 aromatic heterocycles. The Labute approximate surface area is 161 Å². The second kappa shape index (κ2) is 11.4. The van der Waals surface area contributed by atoms with Crippen LogP contribution in [0.2, 0.25) is 0 Å². The number of phosphoric acid groups is 1. The summed E-state index contributed by atoms with van der Waals surface area (Å²) in [5.74, 6) is -1.07. The van der Waals surface area contributed by atoms with Crippen molar-refractivity contribution in [3.8, 4) is 0 Å². The predicted molar refractivity (Wildman–Crippen MR) is 59.0 cm³/mol. The van der Waals surface area contributed by atoms with Crippen molar-refractivity contribution in [1.29, 1.82) is 0 Å². The first-order chi connectivity index (χ1) is 8.08. The molecule has 0 aliphatic rings. The molecule has 0 saturated carbocycles. The van der Waals surface area contributed by atoms with Crippen LogP contribution in [0.25, 0.3) is 0 Å². The molecule has 11 heteroatoms. The standard InChI is InChI=1S/C9H17N2O6P.2Na/c1-4-7(12)11-9(2,3)8(13)10-5-6-17-18(14,15)16;;/h4H,1,5-6H2,2-3H3,(H,10,13)(H,11,12)(H2,14,15,16);;/q;2*+1/p-2. The van der Waals surface area contributed by atoms with Gasteiger partial charge in [0.2, 0.25) is 11.8 Å². The number of hydrogen-bond donors (Lipinski definition) is 2. The molecule has 2 amide bonds. The molecule has 0 unspecified atom stereocenters. The summed E-state index contributed by atoms with van der Waals surface area (Å²) in [5.41, 5.74) is -1.19. The van der Waals surface area contributed by atoms with Gasteiger partial charge < -0.3 is 29.5 Å². The van der Waals surface area contributed by atoms with Gasteiger partial charge in [0, 0.05) is 6.54 Å². The first-order valence-corrected chi connectivity index (χ1v) is 6.44. The van der Waals surface area contributed by atoms with Crippen LogP contribution in [0.1, 0.15) is 13.8 Å². The van der Waals surface area contributed by atoms with Crippen LogP contribution in [0.5, 0.6) is 0 Å². The Balaban J connectivity index is -0.00000144. The number of rotatable bonds is 7. The molecule has 0 aliphatic heterocycles. The van der Waals surface area contributed by atoms with Crippen molar-refractivity contribution in [3.05, 3.63) is 12.7 Å². The van der Waals surface area contributed by atoms with Crippen LogP contribution in [-0.4, -0.2) is 30.5 Å². The van der Waals surface area contributed by atoms with Gasteiger partial charge in [-0.15, -0.1) is 0 Å². The van der Waals surface area contributed by atoms with Crippen LogP contribution >= 0.6 is 7.82 Å². The monoisotopic (exact) mass is 324 g/mol. The molecule has 20 heavy (non-hydrogen) atoms. The van der Waals surface area contributed by atoms with E-state index in [0.29, 0.717) is 0 Å². The van der Waals surface area contributed by atoms with Crippen LogP contribution in [0.4, 0.5) is 0 Å². The SMILES string of the molecule is C=CC(=O)NC(C)(C)C(=O)NCCOP(=O)([O-])[O-].[Na+].[Na+]. The fraction of sp³-hybridized carbons (Fsp3) is 0.556. The summed E-state index contributed by atoms with van der Waals surface area (Å²) in [6, 6.07) is 0. The smallest absolute Gasteiger partial charge is 0.790 e. The third-order valence-electron chi connectivity index (χ3n) is 1.83. The van der Waals surface area contributed by atoms with Crippen LogP contribution in [-0.2, 0) is 18.7 Å². The van der Waals surface area contributed by atoms with Gasteiger partial charge in [-0.2, -0.15) is 0 Å². The van der Waals surface area contributed by atoms with Gasteiger partial charge in [0.15, 0.2) is 0 Å². The number of phosphoric ester groups is 1. The Morgan fingerprint density at radius 2 is 1.85 bits per heavy atom. The van der Waals surface area contributed by atoms with Gasteiger partial charge in [-0.05, 0) is 19.9 Å². The van der Waals surface area contributed by atoms with E-state index in [1.807, 2.05) is 0 Å². The minimum atomic E-state index is -5.03. The van der Waals surface area contributed by atoms with Crippen molar-refractivity contribution in [1.82, 2.24) is 10.6 Å². The Morgan fingerprint density at radius 3 is 2.25 bits per heavy atom. The van der Waals surface area contributed by atoms with Gasteiger partial charge in [0.1, 0.15) is 5.54 Å². The van der Waals surface area contributed by atoms with E-state index in [1.165, 1.54) is 13.8 Å². The third kappa shape index (κ3) is 12.5. The Kier molecular flexibility index (Phi) is 14.6. The number of carbonyl (C=O) groups excluding carboxylic acids is 2. The van der Waals surface area contributed by atoms with Crippen LogP contribution in [0.3, 0.4) is 0 Å². The predicted octanol–water partition coefficient (Wildman–Crippen LogP) is -7.96. The number of amides is 2. The van der Waals surface area contributed by atoms with Gasteiger partial charge in [-0.1, -0.05) is 6.58 Å². The summed E-state index contributed by atoms with van der Waals surface area (Å²) in [7, 11) is -5.03. The minimum Gasteiger partial charge on any atom is -0.790 e. The maximum absolute atomic E-state index is 11.6. The van der Waals surface area contributed by atoms with Gasteiger partial charge in [-0.25, -0.2) is 0 Å². The molecular formula is C9H15N2Na2O6P. The fourth-order valence-electron chi connectivity index (χ4n) is 0.959. The Hall–Kier alpha value is 0.790. The molecule has 104 valence electrons. The van der Waals surface area contributed by atoms with Gasteiger partial charge in [0.25, 0.3) is 0 Å². The summed E-state index contributed by atoms with van der Waals surface area (Å²) in [6.45, 7) is 5.53. The maximum Gasteiger partial charge on any atom is 1.00 e. The van der Waals surface area contributed by atoms with Gasteiger partial charge in [0.05, 0.1) is 14.4 Å². The van der Waals surface area contributed by atoms with E-state index >= 15 is 0 Å². The number of nitrogens with one attached hydrogen (secondary N) is 2. The molecule has 0 radical (unpaired) electrons. The van der Waals surface area contributed by atoms with E-state index in [0.717, 1.165) is 6.08 Å². The number of carbonyl (C=O) groups is 2. The van der Waals surface area contributed by atoms with Crippen molar-refractivity contribution in [2.24, 2.45) is 0 Å². The van der Waals surface area contributed by atoms with Crippen LogP contribution < -0.4 is 79.5 Å². The molecule has 0 aliphatic carbocycles. The molecule has 2 N–H and O–H groups in total.